The predicted octanol–water partition coefficient (Wildman–Crippen LogP) is 2.45. The second-order valence-corrected chi connectivity index (χ2v) is 5.40. The van der Waals surface area contributed by atoms with Gasteiger partial charge < -0.3 is 10.1 Å². The molecule has 19 heavy (non-hydrogen) atoms. The Labute approximate surface area is 116 Å². The van der Waals surface area contributed by atoms with Crippen molar-refractivity contribution in [3.8, 4) is 0 Å². The van der Waals surface area contributed by atoms with E-state index in [1.54, 1.807) is 7.11 Å². The largest absolute Gasteiger partial charge is 0.385 e. The van der Waals surface area contributed by atoms with Crippen molar-refractivity contribution in [1.82, 2.24) is 10.2 Å². The fourth-order valence-corrected chi connectivity index (χ4v) is 2.76. The van der Waals surface area contributed by atoms with Crippen LogP contribution >= 0.6 is 0 Å². The SMILES string of the molecule is COCCCN1CC(c2ccccc2)NCCC1C. The van der Waals surface area contributed by atoms with Gasteiger partial charge in [-0.1, -0.05) is 30.3 Å². The van der Waals surface area contributed by atoms with E-state index >= 15 is 0 Å². The molecule has 106 valence electrons. The highest BCUT2D eigenvalue weighted by Gasteiger charge is 2.23. The molecule has 1 fully saturated rings. The average Bonchev–Trinajstić information content (AvgIpc) is 2.63. The number of methoxy groups -OCH3 is 1. The summed E-state index contributed by atoms with van der Waals surface area (Å²) in [6.45, 7) is 6.50. The second-order valence-electron chi connectivity index (χ2n) is 5.40. The molecule has 2 atom stereocenters. The first kappa shape index (κ1) is 14.5. The van der Waals surface area contributed by atoms with Crippen LogP contribution in [0.4, 0.5) is 0 Å². The van der Waals surface area contributed by atoms with Gasteiger partial charge in [0.25, 0.3) is 0 Å². The standard InChI is InChI=1S/C16H26N2O/c1-14-9-10-17-16(15-7-4-3-5-8-15)13-18(14)11-6-12-19-2/h3-5,7-8,14,16-17H,6,9-13H2,1-2H3. The van der Waals surface area contributed by atoms with Crippen LogP contribution in [0.3, 0.4) is 0 Å². The monoisotopic (exact) mass is 262 g/mol. The molecule has 2 rings (SSSR count). The van der Waals surface area contributed by atoms with E-state index in [-0.39, 0.29) is 0 Å². The Morgan fingerprint density at radius 2 is 2.11 bits per heavy atom. The summed E-state index contributed by atoms with van der Waals surface area (Å²) in [5.74, 6) is 0. The maximum Gasteiger partial charge on any atom is 0.0474 e. The zero-order chi connectivity index (χ0) is 13.5. The molecule has 0 saturated carbocycles. The van der Waals surface area contributed by atoms with Gasteiger partial charge in [-0.3, -0.25) is 4.90 Å². The normalized spacial score (nSPS) is 25.2. The number of hydrogen-bond acceptors (Lipinski definition) is 3. The van der Waals surface area contributed by atoms with Crippen molar-refractivity contribution in [1.29, 1.82) is 0 Å². The maximum absolute atomic E-state index is 5.17. The van der Waals surface area contributed by atoms with Gasteiger partial charge in [0.2, 0.25) is 0 Å². The Bertz CT molecular complexity index is 355. The van der Waals surface area contributed by atoms with Gasteiger partial charge in [0.05, 0.1) is 0 Å². The van der Waals surface area contributed by atoms with E-state index in [0.29, 0.717) is 12.1 Å². The zero-order valence-electron chi connectivity index (χ0n) is 12.1. The summed E-state index contributed by atoms with van der Waals surface area (Å²) in [5, 5.41) is 3.68. The Hall–Kier alpha value is -0.900. The first-order valence-corrected chi connectivity index (χ1v) is 7.32. The number of ether oxygens (including phenoxy) is 1. The Morgan fingerprint density at radius 1 is 1.32 bits per heavy atom. The first-order chi connectivity index (χ1) is 9.31. The predicted molar refractivity (Wildman–Crippen MR) is 79.3 cm³/mol. The fraction of sp³-hybridized carbons (Fsp3) is 0.625. The molecule has 1 aliphatic heterocycles. The molecule has 3 heteroatoms. The summed E-state index contributed by atoms with van der Waals surface area (Å²) in [7, 11) is 1.78. The van der Waals surface area contributed by atoms with Gasteiger partial charge in [-0.25, -0.2) is 0 Å². The molecule has 2 unspecified atom stereocenters. The number of rotatable bonds is 5. The lowest BCUT2D eigenvalue weighted by molar-refractivity contribution is 0.152. The minimum atomic E-state index is 0.452. The zero-order valence-corrected chi connectivity index (χ0v) is 12.1. The number of hydrogen-bond donors (Lipinski definition) is 1. The first-order valence-electron chi connectivity index (χ1n) is 7.32. The van der Waals surface area contributed by atoms with Crippen LogP contribution in [-0.4, -0.2) is 44.3 Å². The number of benzene rings is 1. The van der Waals surface area contributed by atoms with E-state index in [4.69, 9.17) is 4.74 Å². The third kappa shape index (κ3) is 4.30. The van der Waals surface area contributed by atoms with E-state index in [1.807, 2.05) is 0 Å². The van der Waals surface area contributed by atoms with Crippen molar-refractivity contribution < 1.29 is 4.74 Å². The molecule has 1 aromatic rings. The van der Waals surface area contributed by atoms with Crippen molar-refractivity contribution in [2.45, 2.75) is 31.8 Å². The van der Waals surface area contributed by atoms with Gasteiger partial charge in [0.1, 0.15) is 0 Å². The molecular weight excluding hydrogens is 236 g/mol. The van der Waals surface area contributed by atoms with Crippen LogP contribution in [0.5, 0.6) is 0 Å². The van der Waals surface area contributed by atoms with Gasteiger partial charge in [0, 0.05) is 38.9 Å². The Balaban J connectivity index is 1.98. The summed E-state index contributed by atoms with van der Waals surface area (Å²) in [5.41, 5.74) is 1.40. The molecule has 0 bridgehead atoms. The van der Waals surface area contributed by atoms with Crippen molar-refractivity contribution in [2.75, 3.05) is 33.4 Å². The molecule has 0 radical (unpaired) electrons. The van der Waals surface area contributed by atoms with Crippen molar-refractivity contribution in [2.24, 2.45) is 0 Å². The summed E-state index contributed by atoms with van der Waals surface area (Å²) in [6, 6.07) is 11.9. The quantitative estimate of drug-likeness (QED) is 0.825. The van der Waals surface area contributed by atoms with Crippen molar-refractivity contribution in [3.63, 3.8) is 0 Å². The van der Waals surface area contributed by atoms with E-state index in [9.17, 15) is 0 Å². The minimum Gasteiger partial charge on any atom is -0.385 e. The molecule has 0 aliphatic carbocycles. The Kier molecular flexibility index (Phi) is 5.83. The molecular formula is C16H26N2O. The minimum absolute atomic E-state index is 0.452. The van der Waals surface area contributed by atoms with Crippen LogP contribution in [0, 0.1) is 0 Å². The van der Waals surface area contributed by atoms with Crippen LogP contribution in [0.1, 0.15) is 31.4 Å². The molecule has 1 aliphatic rings. The summed E-state index contributed by atoms with van der Waals surface area (Å²) >= 11 is 0. The Morgan fingerprint density at radius 3 is 2.84 bits per heavy atom. The van der Waals surface area contributed by atoms with Crippen LogP contribution in [0.2, 0.25) is 0 Å². The fourth-order valence-electron chi connectivity index (χ4n) is 2.76. The molecule has 0 aromatic heterocycles. The topological polar surface area (TPSA) is 24.5 Å². The number of nitrogens with zero attached hydrogens (tertiary/aromatic N) is 1. The highest BCUT2D eigenvalue weighted by Crippen LogP contribution is 2.19. The van der Waals surface area contributed by atoms with E-state index in [0.717, 1.165) is 32.7 Å². The lowest BCUT2D eigenvalue weighted by Crippen LogP contribution is -2.37. The third-order valence-electron chi connectivity index (χ3n) is 3.99. The van der Waals surface area contributed by atoms with Crippen LogP contribution in [0.25, 0.3) is 0 Å². The second kappa shape index (κ2) is 7.63. The molecule has 1 aromatic carbocycles. The van der Waals surface area contributed by atoms with Crippen molar-refractivity contribution in [3.05, 3.63) is 35.9 Å². The molecule has 0 spiro atoms. The molecule has 0 amide bonds. The summed E-state index contributed by atoms with van der Waals surface area (Å²) < 4.78 is 5.17. The van der Waals surface area contributed by atoms with Gasteiger partial charge in [-0.05, 0) is 31.9 Å². The smallest absolute Gasteiger partial charge is 0.0474 e. The van der Waals surface area contributed by atoms with E-state index < -0.39 is 0 Å². The molecule has 1 heterocycles. The van der Waals surface area contributed by atoms with Gasteiger partial charge in [-0.2, -0.15) is 0 Å². The highest BCUT2D eigenvalue weighted by atomic mass is 16.5. The van der Waals surface area contributed by atoms with Crippen LogP contribution in [0.15, 0.2) is 30.3 Å². The lowest BCUT2D eigenvalue weighted by atomic mass is 10.1. The van der Waals surface area contributed by atoms with E-state index in [2.05, 4.69) is 47.5 Å². The summed E-state index contributed by atoms with van der Waals surface area (Å²) in [4.78, 5) is 2.59. The van der Waals surface area contributed by atoms with Crippen molar-refractivity contribution >= 4 is 0 Å². The lowest BCUT2D eigenvalue weighted by Gasteiger charge is -2.29. The summed E-state index contributed by atoms with van der Waals surface area (Å²) in [6.07, 6.45) is 2.33. The highest BCUT2D eigenvalue weighted by molar-refractivity contribution is 5.19. The molecule has 3 nitrogen and oxygen atoms in total. The van der Waals surface area contributed by atoms with Gasteiger partial charge >= 0.3 is 0 Å². The third-order valence-corrected chi connectivity index (χ3v) is 3.99. The van der Waals surface area contributed by atoms with Crippen LogP contribution in [-0.2, 0) is 4.74 Å². The molecule has 1 saturated heterocycles. The van der Waals surface area contributed by atoms with Gasteiger partial charge in [-0.15, -0.1) is 0 Å². The average molecular weight is 262 g/mol. The maximum atomic E-state index is 5.17. The van der Waals surface area contributed by atoms with Gasteiger partial charge in [0.15, 0.2) is 0 Å². The number of nitrogens with one attached hydrogen (secondary N) is 1. The molecule has 1 N–H and O–H groups in total. The van der Waals surface area contributed by atoms with E-state index in [1.165, 1.54) is 12.0 Å². The van der Waals surface area contributed by atoms with Crippen LogP contribution < -0.4 is 5.32 Å².